The summed E-state index contributed by atoms with van der Waals surface area (Å²) in [7, 11) is 0. The summed E-state index contributed by atoms with van der Waals surface area (Å²) in [4.78, 5) is 15.9. The maximum absolute atomic E-state index is 11.6. The summed E-state index contributed by atoms with van der Waals surface area (Å²) in [6.07, 6.45) is 0.276. The molecule has 1 heterocycles. The van der Waals surface area contributed by atoms with E-state index in [0.29, 0.717) is 0 Å². The van der Waals surface area contributed by atoms with Crippen LogP contribution in [0.3, 0.4) is 0 Å². The van der Waals surface area contributed by atoms with Crippen molar-refractivity contribution >= 4 is 17.2 Å². The van der Waals surface area contributed by atoms with Crippen LogP contribution in [0, 0.1) is 12.8 Å². The van der Waals surface area contributed by atoms with Gasteiger partial charge in [-0.3, -0.25) is 4.79 Å². The third-order valence-electron chi connectivity index (χ3n) is 2.90. The minimum absolute atomic E-state index is 0.101. The molecule has 1 atom stereocenters. The number of aromatic nitrogens is 1. The molecule has 0 bridgehead atoms. The first-order valence-corrected chi connectivity index (χ1v) is 6.59. The molecule has 96 valence electrons. The van der Waals surface area contributed by atoms with Crippen molar-refractivity contribution < 1.29 is 9.90 Å². The van der Waals surface area contributed by atoms with Gasteiger partial charge in [-0.15, -0.1) is 11.3 Å². The van der Waals surface area contributed by atoms with E-state index < -0.39 is 5.60 Å². The van der Waals surface area contributed by atoms with Crippen LogP contribution in [0.2, 0.25) is 0 Å². The third kappa shape index (κ3) is 4.44. The van der Waals surface area contributed by atoms with Crippen LogP contribution >= 0.6 is 11.3 Å². The molecule has 1 aromatic heterocycles. The number of hydrogen-bond donors (Lipinski definition) is 2. The minimum atomic E-state index is -0.867. The molecule has 1 rings (SSSR count). The van der Waals surface area contributed by atoms with Crippen LogP contribution in [0.4, 0.5) is 0 Å². The van der Waals surface area contributed by atoms with Crippen molar-refractivity contribution in [3.05, 3.63) is 16.1 Å². The third-order valence-corrected chi connectivity index (χ3v) is 3.72. The van der Waals surface area contributed by atoms with E-state index >= 15 is 0 Å². The Kier molecular flexibility index (Phi) is 4.65. The second kappa shape index (κ2) is 5.60. The molecule has 1 aromatic rings. The number of carbonyl (C=O) groups is 1. The highest BCUT2D eigenvalue weighted by molar-refractivity contribution is 7.09. The SMILES string of the molecule is Cc1nc(CC(=O)NCC(C)(O)C(C)C)cs1. The molecule has 0 saturated carbocycles. The van der Waals surface area contributed by atoms with Gasteiger partial charge in [0.1, 0.15) is 0 Å². The zero-order valence-electron chi connectivity index (χ0n) is 10.8. The van der Waals surface area contributed by atoms with E-state index in [9.17, 15) is 9.90 Å². The Hall–Kier alpha value is -0.940. The average Bonchev–Trinajstić information content (AvgIpc) is 2.61. The molecule has 4 nitrogen and oxygen atoms in total. The number of rotatable bonds is 5. The zero-order chi connectivity index (χ0) is 13.1. The number of nitrogens with zero attached hydrogens (tertiary/aromatic N) is 1. The summed E-state index contributed by atoms with van der Waals surface area (Å²) in [6, 6.07) is 0. The summed E-state index contributed by atoms with van der Waals surface area (Å²) in [5.74, 6) is 0.000502. The molecule has 0 spiro atoms. The fraction of sp³-hybridized carbons (Fsp3) is 0.667. The number of hydrogen-bond acceptors (Lipinski definition) is 4. The first-order chi connectivity index (χ1) is 7.81. The van der Waals surface area contributed by atoms with Crippen LogP contribution in [0.25, 0.3) is 0 Å². The predicted molar refractivity (Wildman–Crippen MR) is 69.0 cm³/mol. The fourth-order valence-electron chi connectivity index (χ4n) is 1.20. The summed E-state index contributed by atoms with van der Waals surface area (Å²) >= 11 is 1.53. The van der Waals surface area contributed by atoms with Crippen molar-refractivity contribution in [2.45, 2.75) is 39.7 Å². The lowest BCUT2D eigenvalue weighted by Crippen LogP contribution is -2.44. The van der Waals surface area contributed by atoms with Crippen molar-refractivity contribution in [3.63, 3.8) is 0 Å². The van der Waals surface area contributed by atoms with E-state index in [2.05, 4.69) is 10.3 Å². The normalized spacial score (nSPS) is 14.7. The molecule has 0 fully saturated rings. The molecule has 0 aliphatic heterocycles. The molecule has 0 saturated heterocycles. The van der Waals surface area contributed by atoms with Crippen molar-refractivity contribution in [1.29, 1.82) is 0 Å². The number of aliphatic hydroxyl groups is 1. The summed E-state index contributed by atoms with van der Waals surface area (Å²) in [5, 5.41) is 15.6. The number of carbonyl (C=O) groups excluding carboxylic acids is 1. The monoisotopic (exact) mass is 256 g/mol. The van der Waals surface area contributed by atoms with Gasteiger partial charge in [-0.1, -0.05) is 13.8 Å². The van der Waals surface area contributed by atoms with Crippen molar-refractivity contribution in [2.24, 2.45) is 5.92 Å². The van der Waals surface area contributed by atoms with E-state index in [4.69, 9.17) is 0 Å². The molecular formula is C12H20N2O2S. The second-order valence-electron chi connectivity index (χ2n) is 4.82. The van der Waals surface area contributed by atoms with Crippen molar-refractivity contribution in [1.82, 2.24) is 10.3 Å². The first kappa shape index (κ1) is 14.1. The van der Waals surface area contributed by atoms with Crippen molar-refractivity contribution in [2.75, 3.05) is 6.54 Å². The van der Waals surface area contributed by atoms with Gasteiger partial charge >= 0.3 is 0 Å². The maximum atomic E-state index is 11.6. The Bertz CT molecular complexity index is 386. The molecule has 2 N–H and O–H groups in total. The Morgan fingerprint density at radius 1 is 1.65 bits per heavy atom. The van der Waals surface area contributed by atoms with Gasteiger partial charge in [0.25, 0.3) is 0 Å². The predicted octanol–water partition coefficient (Wildman–Crippen LogP) is 1.52. The second-order valence-corrected chi connectivity index (χ2v) is 5.89. The molecule has 1 amide bonds. The summed E-state index contributed by atoms with van der Waals surface area (Å²) in [5.41, 5.74) is -0.0811. The Balaban J connectivity index is 2.41. The fourth-order valence-corrected chi connectivity index (χ4v) is 1.81. The van der Waals surface area contributed by atoms with Crippen LogP contribution < -0.4 is 5.32 Å². The highest BCUT2D eigenvalue weighted by Gasteiger charge is 2.25. The number of aryl methyl sites for hydroxylation is 1. The Morgan fingerprint density at radius 3 is 2.76 bits per heavy atom. The van der Waals surface area contributed by atoms with E-state index in [-0.39, 0.29) is 24.8 Å². The molecular weight excluding hydrogens is 236 g/mol. The minimum Gasteiger partial charge on any atom is -0.388 e. The summed E-state index contributed by atoms with van der Waals surface area (Å²) < 4.78 is 0. The van der Waals surface area contributed by atoms with Gasteiger partial charge in [0.05, 0.1) is 22.7 Å². The van der Waals surface area contributed by atoms with Gasteiger partial charge in [-0.25, -0.2) is 4.98 Å². The topological polar surface area (TPSA) is 62.2 Å². The van der Waals surface area contributed by atoms with E-state index in [1.54, 1.807) is 6.92 Å². The lowest BCUT2D eigenvalue weighted by atomic mass is 9.92. The number of amides is 1. The molecule has 17 heavy (non-hydrogen) atoms. The highest BCUT2D eigenvalue weighted by atomic mass is 32.1. The highest BCUT2D eigenvalue weighted by Crippen LogP contribution is 2.14. The van der Waals surface area contributed by atoms with Gasteiger partial charge in [-0.2, -0.15) is 0 Å². The van der Waals surface area contributed by atoms with E-state index in [1.165, 1.54) is 11.3 Å². The van der Waals surface area contributed by atoms with Crippen LogP contribution in [-0.4, -0.2) is 28.1 Å². The lowest BCUT2D eigenvalue weighted by molar-refractivity contribution is -0.122. The lowest BCUT2D eigenvalue weighted by Gasteiger charge is -2.27. The molecule has 0 aliphatic carbocycles. The van der Waals surface area contributed by atoms with Gasteiger partial charge in [0, 0.05) is 11.9 Å². The van der Waals surface area contributed by atoms with Crippen LogP contribution in [0.1, 0.15) is 31.5 Å². The summed E-state index contributed by atoms with van der Waals surface area (Å²) in [6.45, 7) is 7.76. The molecule has 0 radical (unpaired) electrons. The smallest absolute Gasteiger partial charge is 0.226 e. The number of thiazole rings is 1. The standard InChI is InChI=1S/C12H20N2O2S/c1-8(2)12(4,16)7-13-11(15)5-10-6-17-9(3)14-10/h6,8,16H,5,7H2,1-4H3,(H,13,15). The maximum Gasteiger partial charge on any atom is 0.226 e. The van der Waals surface area contributed by atoms with Crippen LogP contribution in [0.15, 0.2) is 5.38 Å². The Morgan fingerprint density at radius 2 is 2.29 bits per heavy atom. The van der Waals surface area contributed by atoms with Gasteiger partial charge in [-0.05, 0) is 19.8 Å². The molecule has 0 aromatic carbocycles. The van der Waals surface area contributed by atoms with Gasteiger partial charge < -0.3 is 10.4 Å². The van der Waals surface area contributed by atoms with Gasteiger partial charge in [0.2, 0.25) is 5.91 Å². The average molecular weight is 256 g/mol. The van der Waals surface area contributed by atoms with Crippen LogP contribution in [0.5, 0.6) is 0 Å². The molecule has 0 aliphatic rings. The number of nitrogens with one attached hydrogen (secondary N) is 1. The first-order valence-electron chi connectivity index (χ1n) is 5.71. The van der Waals surface area contributed by atoms with Gasteiger partial charge in [0.15, 0.2) is 0 Å². The zero-order valence-corrected chi connectivity index (χ0v) is 11.6. The van der Waals surface area contributed by atoms with Crippen LogP contribution in [-0.2, 0) is 11.2 Å². The van der Waals surface area contributed by atoms with Crippen molar-refractivity contribution in [3.8, 4) is 0 Å². The van der Waals surface area contributed by atoms with E-state index in [0.717, 1.165) is 10.7 Å². The quantitative estimate of drug-likeness (QED) is 0.839. The Labute approximate surface area is 106 Å². The molecule has 5 heteroatoms. The van der Waals surface area contributed by atoms with E-state index in [1.807, 2.05) is 26.2 Å². The molecule has 1 unspecified atom stereocenters. The largest absolute Gasteiger partial charge is 0.388 e.